The van der Waals surface area contributed by atoms with Crippen LogP contribution in [0.1, 0.15) is 40.1 Å². The summed E-state index contributed by atoms with van der Waals surface area (Å²) in [4.78, 5) is 30.4. The van der Waals surface area contributed by atoms with Crippen LogP contribution in [0.3, 0.4) is 0 Å². The van der Waals surface area contributed by atoms with Crippen molar-refractivity contribution in [2.45, 2.75) is 38.6 Å². The minimum Gasteiger partial charge on any atom is -0.326 e. The SMILES string of the molecule is Cc1ccc2c(c1)CCCN2C(=O)[C@@H]1CCCN1C(=O)c1cccs1. The summed E-state index contributed by atoms with van der Waals surface area (Å²) >= 11 is 1.44. The van der Waals surface area contributed by atoms with Crippen LogP contribution in [0, 0.1) is 6.92 Å². The van der Waals surface area contributed by atoms with Crippen LogP contribution in [0.2, 0.25) is 0 Å². The highest BCUT2D eigenvalue weighted by molar-refractivity contribution is 7.12. The zero-order valence-electron chi connectivity index (χ0n) is 14.4. The Morgan fingerprint density at radius 2 is 2.04 bits per heavy atom. The fourth-order valence-corrected chi connectivity index (χ4v) is 4.62. The average Bonchev–Trinajstić information content (AvgIpc) is 3.31. The zero-order valence-corrected chi connectivity index (χ0v) is 15.2. The van der Waals surface area contributed by atoms with E-state index in [1.54, 1.807) is 4.90 Å². The van der Waals surface area contributed by atoms with Gasteiger partial charge in [-0.1, -0.05) is 23.8 Å². The molecule has 0 radical (unpaired) electrons. The largest absolute Gasteiger partial charge is 0.326 e. The molecule has 0 saturated carbocycles. The van der Waals surface area contributed by atoms with Gasteiger partial charge in [0.25, 0.3) is 5.91 Å². The maximum atomic E-state index is 13.3. The maximum absolute atomic E-state index is 13.3. The minimum absolute atomic E-state index is 0.00742. The molecular formula is C20H22N2O2S. The molecule has 2 aliphatic heterocycles. The summed E-state index contributed by atoms with van der Waals surface area (Å²) in [5.41, 5.74) is 3.49. The molecule has 25 heavy (non-hydrogen) atoms. The molecule has 2 aromatic rings. The van der Waals surface area contributed by atoms with Gasteiger partial charge in [-0.3, -0.25) is 9.59 Å². The normalized spacial score (nSPS) is 19.8. The molecule has 0 bridgehead atoms. The number of likely N-dealkylation sites (tertiary alicyclic amines) is 1. The third-order valence-corrected chi connectivity index (χ3v) is 6.01. The lowest BCUT2D eigenvalue weighted by Gasteiger charge is -2.34. The van der Waals surface area contributed by atoms with Gasteiger partial charge in [0.05, 0.1) is 4.88 Å². The van der Waals surface area contributed by atoms with Crippen LogP contribution < -0.4 is 4.90 Å². The topological polar surface area (TPSA) is 40.6 Å². The van der Waals surface area contributed by atoms with Gasteiger partial charge in [-0.2, -0.15) is 0 Å². The Morgan fingerprint density at radius 1 is 1.16 bits per heavy atom. The molecule has 0 aliphatic carbocycles. The van der Waals surface area contributed by atoms with Crippen LogP contribution in [0.25, 0.3) is 0 Å². The number of hydrogen-bond donors (Lipinski definition) is 0. The molecule has 1 atom stereocenters. The number of thiophene rings is 1. The second-order valence-electron chi connectivity index (χ2n) is 6.86. The Bertz CT molecular complexity index is 800. The van der Waals surface area contributed by atoms with E-state index < -0.39 is 0 Å². The van der Waals surface area contributed by atoms with E-state index in [0.717, 1.165) is 42.8 Å². The van der Waals surface area contributed by atoms with E-state index in [0.29, 0.717) is 6.54 Å². The molecule has 4 nitrogen and oxygen atoms in total. The van der Waals surface area contributed by atoms with Crippen molar-refractivity contribution in [3.8, 4) is 0 Å². The Balaban J connectivity index is 1.60. The van der Waals surface area contributed by atoms with Crippen LogP contribution in [-0.2, 0) is 11.2 Å². The van der Waals surface area contributed by atoms with E-state index in [9.17, 15) is 9.59 Å². The highest BCUT2D eigenvalue weighted by Crippen LogP contribution is 2.31. The molecule has 0 N–H and O–H groups in total. The predicted molar refractivity (Wildman–Crippen MR) is 100 cm³/mol. The Hall–Kier alpha value is -2.14. The first-order chi connectivity index (χ1) is 12.1. The van der Waals surface area contributed by atoms with Gasteiger partial charge < -0.3 is 9.80 Å². The highest BCUT2D eigenvalue weighted by atomic mass is 32.1. The lowest BCUT2D eigenvalue weighted by atomic mass is 9.98. The lowest BCUT2D eigenvalue weighted by Crippen LogP contribution is -2.49. The van der Waals surface area contributed by atoms with Crippen LogP contribution in [0.4, 0.5) is 5.69 Å². The summed E-state index contributed by atoms with van der Waals surface area (Å²) in [6, 6.07) is 9.69. The van der Waals surface area contributed by atoms with Crippen molar-refractivity contribution in [2.24, 2.45) is 0 Å². The van der Waals surface area contributed by atoms with Crippen molar-refractivity contribution in [1.82, 2.24) is 4.90 Å². The number of carbonyl (C=O) groups is 2. The first-order valence-corrected chi connectivity index (χ1v) is 9.78. The molecule has 1 fully saturated rings. The number of benzene rings is 1. The highest BCUT2D eigenvalue weighted by Gasteiger charge is 2.38. The molecular weight excluding hydrogens is 332 g/mol. The maximum Gasteiger partial charge on any atom is 0.264 e. The number of amides is 2. The van der Waals surface area contributed by atoms with Crippen LogP contribution >= 0.6 is 11.3 Å². The van der Waals surface area contributed by atoms with E-state index >= 15 is 0 Å². The third kappa shape index (κ3) is 2.97. The second-order valence-corrected chi connectivity index (χ2v) is 7.81. The number of fused-ring (bicyclic) bond motifs is 1. The average molecular weight is 354 g/mol. The van der Waals surface area contributed by atoms with Crippen LogP contribution in [0.15, 0.2) is 35.7 Å². The summed E-state index contributed by atoms with van der Waals surface area (Å²) < 4.78 is 0. The Morgan fingerprint density at radius 3 is 2.84 bits per heavy atom. The summed E-state index contributed by atoms with van der Waals surface area (Å²) in [7, 11) is 0. The molecule has 1 saturated heterocycles. The standard InChI is InChI=1S/C20H22N2O2S/c1-14-8-9-16-15(13-14)5-2-10-21(16)19(23)17-6-3-11-22(17)20(24)18-7-4-12-25-18/h4,7-9,12-13,17H,2-3,5-6,10-11H2,1H3/t17-/m0/s1. The number of nitrogens with zero attached hydrogens (tertiary/aromatic N) is 2. The van der Waals surface area contributed by atoms with E-state index in [4.69, 9.17) is 0 Å². The van der Waals surface area contributed by atoms with Gasteiger partial charge in [0.15, 0.2) is 0 Å². The van der Waals surface area contributed by atoms with Crippen molar-refractivity contribution in [1.29, 1.82) is 0 Å². The van der Waals surface area contributed by atoms with Crippen molar-refractivity contribution >= 4 is 28.8 Å². The Labute approximate surface area is 152 Å². The molecule has 1 aromatic heterocycles. The van der Waals surface area contributed by atoms with Gasteiger partial charge in [0.2, 0.25) is 5.91 Å². The quantitative estimate of drug-likeness (QED) is 0.826. The van der Waals surface area contributed by atoms with Gasteiger partial charge in [-0.05, 0) is 55.7 Å². The lowest BCUT2D eigenvalue weighted by molar-refractivity contribution is -0.122. The molecule has 130 valence electrons. The van der Waals surface area contributed by atoms with Crippen molar-refractivity contribution in [3.05, 3.63) is 51.7 Å². The van der Waals surface area contributed by atoms with E-state index in [2.05, 4.69) is 25.1 Å². The van der Waals surface area contributed by atoms with Crippen LogP contribution in [0.5, 0.6) is 0 Å². The van der Waals surface area contributed by atoms with Gasteiger partial charge in [0.1, 0.15) is 6.04 Å². The first-order valence-electron chi connectivity index (χ1n) is 8.90. The molecule has 2 aliphatic rings. The molecule has 0 unspecified atom stereocenters. The number of anilines is 1. The van der Waals surface area contributed by atoms with Gasteiger partial charge in [0, 0.05) is 18.8 Å². The summed E-state index contributed by atoms with van der Waals surface area (Å²) in [5, 5.41) is 1.91. The predicted octanol–water partition coefficient (Wildman–Crippen LogP) is 3.64. The summed E-state index contributed by atoms with van der Waals surface area (Å²) in [6.07, 6.45) is 3.65. The molecule has 0 spiro atoms. The summed E-state index contributed by atoms with van der Waals surface area (Å²) in [6.45, 7) is 3.49. The van der Waals surface area contributed by atoms with Crippen LogP contribution in [-0.4, -0.2) is 35.8 Å². The number of rotatable bonds is 2. The van der Waals surface area contributed by atoms with E-state index in [1.807, 2.05) is 22.4 Å². The monoisotopic (exact) mass is 354 g/mol. The van der Waals surface area contributed by atoms with Gasteiger partial charge >= 0.3 is 0 Å². The van der Waals surface area contributed by atoms with Crippen molar-refractivity contribution < 1.29 is 9.59 Å². The fraction of sp³-hybridized carbons (Fsp3) is 0.400. The number of hydrogen-bond acceptors (Lipinski definition) is 3. The van der Waals surface area contributed by atoms with Gasteiger partial charge in [-0.25, -0.2) is 0 Å². The molecule has 3 heterocycles. The van der Waals surface area contributed by atoms with E-state index in [-0.39, 0.29) is 17.9 Å². The van der Waals surface area contributed by atoms with E-state index in [1.165, 1.54) is 22.5 Å². The fourth-order valence-electron chi connectivity index (χ4n) is 3.94. The smallest absolute Gasteiger partial charge is 0.264 e. The molecule has 2 amide bonds. The molecule has 1 aromatic carbocycles. The zero-order chi connectivity index (χ0) is 17.4. The molecule has 4 rings (SSSR count). The molecule has 5 heteroatoms. The summed E-state index contributed by atoms with van der Waals surface area (Å²) in [5.74, 6) is 0.0687. The first kappa shape index (κ1) is 16.3. The van der Waals surface area contributed by atoms with Gasteiger partial charge in [-0.15, -0.1) is 11.3 Å². The Kier molecular flexibility index (Phi) is 4.34. The van der Waals surface area contributed by atoms with Crippen molar-refractivity contribution in [3.63, 3.8) is 0 Å². The number of aryl methyl sites for hydroxylation is 2. The second kappa shape index (κ2) is 6.64. The third-order valence-electron chi connectivity index (χ3n) is 5.15. The minimum atomic E-state index is -0.332. The van der Waals surface area contributed by atoms with Crippen molar-refractivity contribution in [2.75, 3.05) is 18.0 Å². The number of carbonyl (C=O) groups excluding carboxylic acids is 2.